The second-order valence-electron chi connectivity index (χ2n) is 9.86. The van der Waals surface area contributed by atoms with Crippen LogP contribution in [0.25, 0.3) is 0 Å². The minimum absolute atomic E-state index is 0.0809. The van der Waals surface area contributed by atoms with Crippen LogP contribution in [0.2, 0.25) is 0 Å². The first-order chi connectivity index (χ1) is 10.9. The van der Waals surface area contributed by atoms with E-state index < -0.39 is 0 Å². The Morgan fingerprint density at radius 3 is 2.65 bits per heavy atom. The van der Waals surface area contributed by atoms with Crippen molar-refractivity contribution in [3.63, 3.8) is 0 Å². The van der Waals surface area contributed by atoms with Gasteiger partial charge in [0.2, 0.25) is 0 Å². The standard InChI is InChI=1S/C21H35NO/c1-13(22)17-6-7-18-16-5-4-14-12-15(23)8-10-20(14,2)19(16)9-11-21(17,18)3/h4,13,15-19,23H,5-12,22H2,1-3H3/p+1/t13-,15-,16+,17+,18-,19+,20-,21+/m0/s1. The molecule has 8 atom stereocenters. The van der Waals surface area contributed by atoms with Crippen LogP contribution in [-0.2, 0) is 0 Å². The van der Waals surface area contributed by atoms with E-state index in [4.69, 9.17) is 0 Å². The Labute approximate surface area is 141 Å². The molecule has 0 bridgehead atoms. The lowest BCUT2D eigenvalue weighted by molar-refractivity contribution is -0.433. The lowest BCUT2D eigenvalue weighted by atomic mass is 9.47. The fourth-order valence-corrected chi connectivity index (χ4v) is 7.62. The van der Waals surface area contributed by atoms with Crippen LogP contribution in [0.5, 0.6) is 0 Å². The van der Waals surface area contributed by atoms with Crippen molar-refractivity contribution < 1.29 is 10.8 Å². The molecule has 0 aliphatic heterocycles. The zero-order valence-electron chi connectivity index (χ0n) is 15.4. The average molecular weight is 319 g/mol. The molecule has 2 nitrogen and oxygen atoms in total. The Hall–Kier alpha value is -0.340. The quantitative estimate of drug-likeness (QED) is 0.714. The number of hydrogen-bond donors (Lipinski definition) is 2. The van der Waals surface area contributed by atoms with Gasteiger partial charge < -0.3 is 10.8 Å². The number of allylic oxidation sites excluding steroid dienone is 1. The number of quaternary nitrogens is 1. The van der Waals surface area contributed by atoms with Gasteiger partial charge in [-0.2, -0.15) is 0 Å². The van der Waals surface area contributed by atoms with Gasteiger partial charge in [-0.3, -0.25) is 0 Å². The van der Waals surface area contributed by atoms with Gasteiger partial charge in [0.25, 0.3) is 0 Å². The van der Waals surface area contributed by atoms with E-state index >= 15 is 0 Å². The van der Waals surface area contributed by atoms with Crippen molar-refractivity contribution in [3.8, 4) is 0 Å². The molecule has 2 heteroatoms. The van der Waals surface area contributed by atoms with E-state index in [1.54, 1.807) is 5.57 Å². The minimum Gasteiger partial charge on any atom is -0.393 e. The molecule has 0 spiro atoms. The first-order valence-corrected chi connectivity index (χ1v) is 10.1. The van der Waals surface area contributed by atoms with Gasteiger partial charge in [0.05, 0.1) is 12.1 Å². The van der Waals surface area contributed by atoms with Gasteiger partial charge in [-0.05, 0) is 86.9 Å². The van der Waals surface area contributed by atoms with Crippen molar-refractivity contribution in [2.75, 3.05) is 0 Å². The van der Waals surface area contributed by atoms with Crippen molar-refractivity contribution in [2.24, 2.45) is 34.5 Å². The molecule has 0 saturated heterocycles. The van der Waals surface area contributed by atoms with Crippen molar-refractivity contribution in [1.82, 2.24) is 0 Å². The van der Waals surface area contributed by atoms with Crippen molar-refractivity contribution in [3.05, 3.63) is 11.6 Å². The summed E-state index contributed by atoms with van der Waals surface area (Å²) in [5.74, 6) is 3.50. The normalized spacial score (nSPS) is 53.8. The van der Waals surface area contributed by atoms with Crippen LogP contribution in [-0.4, -0.2) is 17.3 Å². The molecule has 23 heavy (non-hydrogen) atoms. The first-order valence-electron chi connectivity index (χ1n) is 10.1. The zero-order chi connectivity index (χ0) is 16.4. The summed E-state index contributed by atoms with van der Waals surface area (Å²) in [6.45, 7) is 7.47. The van der Waals surface area contributed by atoms with Crippen LogP contribution < -0.4 is 5.73 Å². The van der Waals surface area contributed by atoms with E-state index in [0.29, 0.717) is 16.9 Å². The van der Waals surface area contributed by atoms with Gasteiger partial charge in [0.1, 0.15) is 0 Å². The predicted molar refractivity (Wildman–Crippen MR) is 93.5 cm³/mol. The Balaban J connectivity index is 1.65. The minimum atomic E-state index is -0.0809. The summed E-state index contributed by atoms with van der Waals surface area (Å²) >= 11 is 0. The SMILES string of the molecule is C[C@H]([NH3+])[C@H]1CC[C@H]2[C@H]3CC=C4C[C@@H](O)CC[C@]4(C)[C@@H]3CC[C@]12C. The highest BCUT2D eigenvalue weighted by molar-refractivity contribution is 5.25. The third-order valence-corrected chi connectivity index (χ3v) is 8.84. The summed E-state index contributed by atoms with van der Waals surface area (Å²) < 4.78 is 0. The molecule has 4 N–H and O–H groups in total. The molecule has 4 aliphatic rings. The highest BCUT2D eigenvalue weighted by Crippen LogP contribution is 2.66. The van der Waals surface area contributed by atoms with Crippen LogP contribution in [0.4, 0.5) is 0 Å². The molecule has 0 aromatic heterocycles. The van der Waals surface area contributed by atoms with E-state index in [0.717, 1.165) is 36.5 Å². The topological polar surface area (TPSA) is 47.9 Å². The summed E-state index contributed by atoms with van der Waals surface area (Å²) in [6, 6.07) is 0.594. The van der Waals surface area contributed by atoms with Gasteiger partial charge in [0, 0.05) is 5.92 Å². The Kier molecular flexibility index (Phi) is 3.74. The maximum Gasteiger partial charge on any atom is 0.0848 e. The smallest absolute Gasteiger partial charge is 0.0848 e. The number of hydrogen-bond acceptors (Lipinski definition) is 1. The Morgan fingerprint density at radius 1 is 1.13 bits per heavy atom. The number of fused-ring (bicyclic) bond motifs is 5. The van der Waals surface area contributed by atoms with Crippen LogP contribution in [0.1, 0.15) is 72.1 Å². The molecule has 3 saturated carbocycles. The highest BCUT2D eigenvalue weighted by Gasteiger charge is 2.59. The monoisotopic (exact) mass is 318 g/mol. The fourth-order valence-electron chi connectivity index (χ4n) is 7.62. The van der Waals surface area contributed by atoms with Gasteiger partial charge in [0.15, 0.2) is 0 Å². The molecular weight excluding hydrogens is 282 g/mol. The van der Waals surface area contributed by atoms with Crippen LogP contribution in [0, 0.1) is 34.5 Å². The Morgan fingerprint density at radius 2 is 1.91 bits per heavy atom. The van der Waals surface area contributed by atoms with Crippen LogP contribution in [0.15, 0.2) is 11.6 Å². The zero-order valence-corrected chi connectivity index (χ0v) is 15.4. The third-order valence-electron chi connectivity index (χ3n) is 8.84. The summed E-state index contributed by atoms with van der Waals surface area (Å²) in [5.41, 5.74) is 6.93. The molecule has 130 valence electrons. The maximum atomic E-state index is 10.1. The highest BCUT2D eigenvalue weighted by atomic mass is 16.3. The first kappa shape index (κ1) is 16.1. The lowest BCUT2D eigenvalue weighted by Gasteiger charge is -2.58. The predicted octanol–water partition coefficient (Wildman–Crippen LogP) is 3.56. The number of rotatable bonds is 1. The molecule has 3 fully saturated rings. The van der Waals surface area contributed by atoms with Crippen molar-refractivity contribution in [1.29, 1.82) is 0 Å². The summed E-state index contributed by atoms with van der Waals surface area (Å²) in [5, 5.41) is 10.1. The maximum absolute atomic E-state index is 10.1. The van der Waals surface area contributed by atoms with Crippen LogP contribution >= 0.6 is 0 Å². The fraction of sp³-hybridized carbons (Fsp3) is 0.905. The molecule has 0 aromatic carbocycles. The molecular formula is C21H36NO+. The van der Waals surface area contributed by atoms with Gasteiger partial charge in [-0.15, -0.1) is 0 Å². The number of aliphatic hydroxyl groups excluding tert-OH is 1. The average Bonchev–Trinajstić information content (AvgIpc) is 2.85. The lowest BCUT2D eigenvalue weighted by Crippen LogP contribution is -2.65. The van der Waals surface area contributed by atoms with Gasteiger partial charge in [-0.1, -0.05) is 25.5 Å². The van der Waals surface area contributed by atoms with Gasteiger partial charge in [-0.25, -0.2) is 0 Å². The molecule has 0 unspecified atom stereocenters. The van der Waals surface area contributed by atoms with E-state index in [9.17, 15) is 5.11 Å². The van der Waals surface area contributed by atoms with E-state index in [-0.39, 0.29) is 6.10 Å². The van der Waals surface area contributed by atoms with E-state index in [1.807, 2.05) is 0 Å². The summed E-state index contributed by atoms with van der Waals surface area (Å²) in [7, 11) is 0. The molecule has 4 aliphatic carbocycles. The van der Waals surface area contributed by atoms with Crippen molar-refractivity contribution >= 4 is 0 Å². The third kappa shape index (κ3) is 2.20. The largest absolute Gasteiger partial charge is 0.393 e. The molecule has 0 radical (unpaired) electrons. The van der Waals surface area contributed by atoms with E-state index in [2.05, 4.69) is 32.6 Å². The summed E-state index contributed by atoms with van der Waals surface area (Å²) in [4.78, 5) is 0. The second kappa shape index (κ2) is 5.33. The summed E-state index contributed by atoms with van der Waals surface area (Å²) in [6.07, 6.45) is 12.6. The number of aliphatic hydroxyl groups is 1. The van der Waals surface area contributed by atoms with Crippen molar-refractivity contribution in [2.45, 2.75) is 84.3 Å². The molecule has 0 amide bonds. The molecule has 0 heterocycles. The van der Waals surface area contributed by atoms with Gasteiger partial charge >= 0.3 is 0 Å². The van der Waals surface area contributed by atoms with E-state index in [1.165, 1.54) is 38.5 Å². The van der Waals surface area contributed by atoms with Crippen LogP contribution in [0.3, 0.4) is 0 Å². The second-order valence-corrected chi connectivity index (χ2v) is 9.86. The molecule has 0 aromatic rings. The molecule has 4 rings (SSSR count). The Bertz CT molecular complexity index is 512.